The van der Waals surface area contributed by atoms with Gasteiger partial charge in [-0.25, -0.2) is 8.42 Å². The molecule has 1 N–H and O–H groups in total. The third-order valence-electron chi connectivity index (χ3n) is 6.50. The van der Waals surface area contributed by atoms with Crippen LogP contribution in [-0.4, -0.2) is 32.2 Å². The summed E-state index contributed by atoms with van der Waals surface area (Å²) in [6.45, 7) is 7.19. The number of hydrogen-bond donors (Lipinski definition) is 1. The van der Waals surface area contributed by atoms with Gasteiger partial charge in [-0.05, 0) is 48.4 Å². The zero-order chi connectivity index (χ0) is 19.1. The number of likely N-dealkylation sites (tertiary alicyclic amines) is 1. The van der Waals surface area contributed by atoms with Crippen LogP contribution in [0.2, 0.25) is 0 Å². The largest absolute Gasteiger partial charge is 0.298 e. The quantitative estimate of drug-likeness (QED) is 0.789. The molecular weight excluding hydrogens is 356 g/mol. The Labute approximate surface area is 162 Å². The topological polar surface area (TPSA) is 49.4 Å². The molecule has 0 spiro atoms. The minimum Gasteiger partial charge on any atom is -0.298 e. The Morgan fingerprint density at radius 1 is 1.04 bits per heavy atom. The fourth-order valence-electron chi connectivity index (χ4n) is 5.07. The fraction of sp³-hybridized carbons (Fsp3) is 0.455. The average Bonchev–Trinajstić information content (AvgIpc) is 3.06. The summed E-state index contributed by atoms with van der Waals surface area (Å²) >= 11 is 0. The summed E-state index contributed by atoms with van der Waals surface area (Å²) in [7, 11) is -3.24. The molecule has 2 unspecified atom stereocenters. The first kappa shape index (κ1) is 18.5. The number of rotatable bonds is 7. The molecule has 0 aromatic heterocycles. The van der Waals surface area contributed by atoms with Crippen molar-refractivity contribution in [2.45, 2.75) is 32.2 Å². The molecule has 0 radical (unpaired) electrons. The molecule has 2 aromatic rings. The first-order valence-electron chi connectivity index (χ1n) is 9.86. The van der Waals surface area contributed by atoms with Gasteiger partial charge < -0.3 is 0 Å². The summed E-state index contributed by atoms with van der Waals surface area (Å²) in [6.07, 6.45) is 1.10. The maximum atomic E-state index is 11.9. The Morgan fingerprint density at radius 3 is 2.37 bits per heavy atom. The Hall–Kier alpha value is -1.85. The van der Waals surface area contributed by atoms with Crippen LogP contribution in [0.4, 0.5) is 5.69 Å². The molecule has 4 rings (SSSR count). The van der Waals surface area contributed by atoms with Crippen LogP contribution in [-0.2, 0) is 22.0 Å². The number of sulfonamides is 1. The lowest BCUT2D eigenvalue weighted by atomic mass is 9.87. The standard InChI is InChI=1S/C22H28N2O2S/c1-3-22(18-11-8-12-19(13-18)23-27(25,26)4-2)20-15-24(16-21(20)22)14-17-9-6-5-7-10-17/h5-13,20-21,23H,3-4,14-16H2,1-2H3. The smallest absolute Gasteiger partial charge is 0.232 e. The Morgan fingerprint density at radius 2 is 1.74 bits per heavy atom. The first-order valence-corrected chi connectivity index (χ1v) is 11.5. The summed E-state index contributed by atoms with van der Waals surface area (Å²) in [5.41, 5.74) is 3.56. The molecule has 0 bridgehead atoms. The first-order chi connectivity index (χ1) is 13.0. The van der Waals surface area contributed by atoms with Crippen LogP contribution >= 0.6 is 0 Å². The lowest BCUT2D eigenvalue weighted by Gasteiger charge is -2.27. The van der Waals surface area contributed by atoms with Gasteiger partial charge in [-0.2, -0.15) is 0 Å². The van der Waals surface area contributed by atoms with Crippen LogP contribution < -0.4 is 4.72 Å². The summed E-state index contributed by atoms with van der Waals surface area (Å²) < 4.78 is 26.5. The number of hydrogen-bond acceptors (Lipinski definition) is 3. The molecule has 1 saturated carbocycles. The summed E-state index contributed by atoms with van der Waals surface area (Å²) in [4.78, 5) is 2.56. The van der Waals surface area contributed by atoms with Gasteiger partial charge in [-0.3, -0.25) is 9.62 Å². The van der Waals surface area contributed by atoms with Gasteiger partial charge in [0.05, 0.1) is 5.75 Å². The molecule has 2 fully saturated rings. The van der Waals surface area contributed by atoms with Crippen molar-refractivity contribution in [1.82, 2.24) is 4.90 Å². The van der Waals surface area contributed by atoms with Gasteiger partial charge in [0.25, 0.3) is 0 Å². The van der Waals surface area contributed by atoms with Crippen molar-refractivity contribution in [3.63, 3.8) is 0 Å². The van der Waals surface area contributed by atoms with Crippen molar-refractivity contribution in [3.8, 4) is 0 Å². The summed E-state index contributed by atoms with van der Waals surface area (Å²) in [5.74, 6) is 1.43. The van der Waals surface area contributed by atoms with Crippen molar-refractivity contribution in [1.29, 1.82) is 0 Å². The molecule has 1 heterocycles. The second-order valence-electron chi connectivity index (χ2n) is 7.87. The number of piperidine rings is 1. The molecule has 5 heteroatoms. The maximum Gasteiger partial charge on any atom is 0.232 e. The Bertz CT molecular complexity index is 899. The van der Waals surface area contributed by atoms with Gasteiger partial charge in [0, 0.05) is 30.7 Å². The van der Waals surface area contributed by atoms with Crippen LogP contribution in [0.15, 0.2) is 54.6 Å². The van der Waals surface area contributed by atoms with Crippen LogP contribution in [0.1, 0.15) is 31.4 Å². The van der Waals surface area contributed by atoms with E-state index in [1.54, 1.807) is 6.92 Å². The zero-order valence-corrected chi connectivity index (χ0v) is 16.9. The van der Waals surface area contributed by atoms with Crippen molar-refractivity contribution in [3.05, 3.63) is 65.7 Å². The maximum absolute atomic E-state index is 11.9. The molecule has 27 heavy (non-hydrogen) atoms. The normalized spacial score (nSPS) is 27.3. The lowest BCUT2D eigenvalue weighted by Crippen LogP contribution is -2.29. The van der Waals surface area contributed by atoms with Crippen LogP contribution in [0.3, 0.4) is 0 Å². The zero-order valence-electron chi connectivity index (χ0n) is 16.1. The van der Waals surface area contributed by atoms with E-state index >= 15 is 0 Å². The number of nitrogens with one attached hydrogen (secondary N) is 1. The van der Waals surface area contributed by atoms with E-state index < -0.39 is 10.0 Å². The average molecular weight is 385 g/mol. The van der Waals surface area contributed by atoms with E-state index in [1.165, 1.54) is 11.1 Å². The SMILES string of the molecule is CCC1(c2cccc(NS(=O)(=O)CC)c2)C2CN(Cc3ccccc3)CC21. The number of nitrogens with zero attached hydrogens (tertiary/aromatic N) is 1. The van der Waals surface area contributed by atoms with Gasteiger partial charge in [0.15, 0.2) is 0 Å². The second kappa shape index (κ2) is 6.95. The highest BCUT2D eigenvalue weighted by atomic mass is 32.2. The predicted molar refractivity (Wildman–Crippen MR) is 110 cm³/mol. The number of anilines is 1. The van der Waals surface area contributed by atoms with Crippen LogP contribution in [0, 0.1) is 11.8 Å². The highest BCUT2D eigenvalue weighted by Crippen LogP contribution is 2.65. The van der Waals surface area contributed by atoms with Crippen molar-refractivity contribution >= 4 is 15.7 Å². The second-order valence-corrected chi connectivity index (χ2v) is 9.88. The van der Waals surface area contributed by atoms with E-state index in [0.29, 0.717) is 17.5 Å². The minimum absolute atomic E-state index is 0.0931. The molecule has 2 atom stereocenters. The van der Waals surface area contributed by atoms with E-state index in [2.05, 4.69) is 59.0 Å². The van der Waals surface area contributed by atoms with E-state index in [-0.39, 0.29) is 11.2 Å². The summed E-state index contributed by atoms with van der Waals surface area (Å²) in [5, 5.41) is 0. The minimum atomic E-state index is -3.24. The van der Waals surface area contributed by atoms with Gasteiger partial charge in [-0.1, -0.05) is 49.4 Å². The van der Waals surface area contributed by atoms with Crippen molar-refractivity contribution < 1.29 is 8.42 Å². The molecule has 2 aliphatic rings. The third-order valence-corrected chi connectivity index (χ3v) is 7.80. The fourth-order valence-corrected chi connectivity index (χ4v) is 5.70. The highest BCUT2D eigenvalue weighted by Gasteiger charge is 2.67. The molecular formula is C22H28N2O2S. The molecule has 1 saturated heterocycles. The van der Waals surface area contributed by atoms with Crippen molar-refractivity contribution in [2.75, 3.05) is 23.6 Å². The van der Waals surface area contributed by atoms with Gasteiger partial charge in [0.1, 0.15) is 0 Å². The van der Waals surface area contributed by atoms with E-state index in [9.17, 15) is 8.42 Å². The monoisotopic (exact) mass is 384 g/mol. The third kappa shape index (κ3) is 3.39. The van der Waals surface area contributed by atoms with E-state index in [1.807, 2.05) is 12.1 Å². The highest BCUT2D eigenvalue weighted by molar-refractivity contribution is 7.92. The lowest BCUT2D eigenvalue weighted by molar-refractivity contribution is 0.262. The predicted octanol–water partition coefficient (Wildman–Crippen LogP) is 3.86. The molecule has 2 aromatic carbocycles. The molecule has 4 nitrogen and oxygen atoms in total. The Balaban J connectivity index is 1.48. The van der Waals surface area contributed by atoms with Crippen molar-refractivity contribution in [2.24, 2.45) is 11.8 Å². The number of benzene rings is 2. The molecule has 1 aliphatic carbocycles. The van der Waals surface area contributed by atoms with Gasteiger partial charge in [-0.15, -0.1) is 0 Å². The van der Waals surface area contributed by atoms with Gasteiger partial charge >= 0.3 is 0 Å². The molecule has 1 aliphatic heterocycles. The van der Waals surface area contributed by atoms with Crippen LogP contribution in [0.5, 0.6) is 0 Å². The van der Waals surface area contributed by atoms with E-state index in [4.69, 9.17) is 0 Å². The van der Waals surface area contributed by atoms with E-state index in [0.717, 1.165) is 26.1 Å². The summed E-state index contributed by atoms with van der Waals surface area (Å²) in [6, 6.07) is 18.7. The molecule has 0 amide bonds. The Kier molecular flexibility index (Phi) is 4.77. The van der Waals surface area contributed by atoms with Crippen LogP contribution in [0.25, 0.3) is 0 Å². The molecule has 144 valence electrons. The van der Waals surface area contributed by atoms with Gasteiger partial charge in [0.2, 0.25) is 10.0 Å². The number of fused-ring (bicyclic) bond motifs is 1.